The number of hydrogen-bond donors (Lipinski definition) is 1. The first kappa shape index (κ1) is 13.2. The number of benzene rings is 1. The second kappa shape index (κ2) is 5.20. The number of rotatable bonds is 4. The topological polar surface area (TPSA) is 49.4 Å². The van der Waals surface area contributed by atoms with Gasteiger partial charge in [-0.15, -0.1) is 0 Å². The summed E-state index contributed by atoms with van der Waals surface area (Å²) in [4.78, 5) is 25.3. The minimum atomic E-state index is -0.538. The van der Waals surface area contributed by atoms with Crippen LogP contribution in [0.1, 0.15) is 29.8 Å². The quantitative estimate of drug-likeness (QED) is 0.869. The summed E-state index contributed by atoms with van der Waals surface area (Å²) in [5.74, 6) is -0.990. The predicted molar refractivity (Wildman–Crippen MR) is 73.7 cm³/mol. The zero-order valence-electron chi connectivity index (χ0n) is 10.4. The highest BCUT2D eigenvalue weighted by Crippen LogP contribution is 2.31. The summed E-state index contributed by atoms with van der Waals surface area (Å²) in [6.45, 7) is 6.76. The van der Waals surface area contributed by atoms with Crippen molar-refractivity contribution in [2.45, 2.75) is 20.4 Å². The number of amides is 1. The molecule has 0 radical (unpaired) electrons. The van der Waals surface area contributed by atoms with Crippen molar-refractivity contribution in [1.29, 1.82) is 0 Å². The van der Waals surface area contributed by atoms with Gasteiger partial charge in [0, 0.05) is 11.0 Å². The molecule has 0 aromatic heterocycles. The number of fused-ring (bicyclic) bond motifs is 1. The van der Waals surface area contributed by atoms with Gasteiger partial charge in [-0.25, -0.2) is 0 Å². The number of halogens is 1. The van der Waals surface area contributed by atoms with Gasteiger partial charge in [0.05, 0.1) is 11.3 Å². The van der Waals surface area contributed by atoms with Crippen molar-refractivity contribution in [2.24, 2.45) is 0 Å². The Bertz CT molecular complexity index is 510. The Balaban J connectivity index is 2.41. The molecule has 0 spiro atoms. The molecule has 1 aromatic rings. The maximum atomic E-state index is 11.7. The number of carbonyl (C=O) groups is 2. The number of anilines is 1. The fraction of sp³-hybridized carbons (Fsp3) is 0.385. The van der Waals surface area contributed by atoms with Gasteiger partial charge in [0.2, 0.25) is 0 Å². The standard InChI is InChI=1S/C13H15BrN2O2/c1-3-16(4-2)7-8-5-9(14)6-10-11(8)15-13(18)12(10)17/h5-6H,3-4,7H2,1-2H3,(H,15,17,18). The maximum Gasteiger partial charge on any atom is 0.296 e. The Morgan fingerprint density at radius 1 is 1.22 bits per heavy atom. The molecule has 1 amide bonds. The molecule has 0 unspecified atom stereocenters. The third-order valence-corrected chi connectivity index (χ3v) is 3.62. The van der Waals surface area contributed by atoms with E-state index >= 15 is 0 Å². The van der Waals surface area contributed by atoms with Gasteiger partial charge in [-0.2, -0.15) is 0 Å². The molecule has 1 N–H and O–H groups in total. The molecular weight excluding hydrogens is 296 g/mol. The van der Waals surface area contributed by atoms with Crippen LogP contribution in [0, 0.1) is 0 Å². The van der Waals surface area contributed by atoms with Crippen LogP contribution in [-0.4, -0.2) is 29.7 Å². The summed E-state index contributed by atoms with van der Waals surface area (Å²) >= 11 is 3.39. The van der Waals surface area contributed by atoms with Crippen LogP contribution in [0.5, 0.6) is 0 Å². The number of hydrogen-bond acceptors (Lipinski definition) is 3. The van der Waals surface area contributed by atoms with E-state index < -0.39 is 11.7 Å². The van der Waals surface area contributed by atoms with Gasteiger partial charge < -0.3 is 5.32 Å². The van der Waals surface area contributed by atoms with Crippen molar-refractivity contribution < 1.29 is 9.59 Å². The smallest absolute Gasteiger partial charge is 0.296 e. The van der Waals surface area contributed by atoms with Crippen LogP contribution in [0.3, 0.4) is 0 Å². The highest BCUT2D eigenvalue weighted by molar-refractivity contribution is 9.10. The van der Waals surface area contributed by atoms with Crippen molar-refractivity contribution >= 4 is 33.3 Å². The molecule has 0 saturated carbocycles. The first-order valence-electron chi connectivity index (χ1n) is 5.97. The van der Waals surface area contributed by atoms with Gasteiger partial charge >= 0.3 is 0 Å². The van der Waals surface area contributed by atoms with Crippen LogP contribution in [-0.2, 0) is 11.3 Å². The Kier molecular flexibility index (Phi) is 3.82. The van der Waals surface area contributed by atoms with E-state index in [-0.39, 0.29) is 0 Å². The van der Waals surface area contributed by atoms with Gasteiger partial charge in [0.1, 0.15) is 0 Å². The zero-order valence-corrected chi connectivity index (χ0v) is 12.0. The Morgan fingerprint density at radius 2 is 1.89 bits per heavy atom. The number of carbonyl (C=O) groups excluding carboxylic acids is 2. The molecule has 2 rings (SSSR count). The lowest BCUT2D eigenvalue weighted by Gasteiger charge is -2.19. The first-order valence-corrected chi connectivity index (χ1v) is 6.76. The Labute approximate surface area is 114 Å². The fourth-order valence-corrected chi connectivity index (χ4v) is 2.60. The summed E-state index contributed by atoms with van der Waals surface area (Å²) in [6.07, 6.45) is 0. The lowest BCUT2D eigenvalue weighted by molar-refractivity contribution is -0.112. The third-order valence-electron chi connectivity index (χ3n) is 3.16. The molecule has 18 heavy (non-hydrogen) atoms. The second-order valence-corrected chi connectivity index (χ2v) is 5.15. The van der Waals surface area contributed by atoms with Crippen molar-refractivity contribution in [3.8, 4) is 0 Å². The summed E-state index contributed by atoms with van der Waals surface area (Å²) < 4.78 is 0.827. The molecule has 1 heterocycles. The minimum absolute atomic E-state index is 0.452. The van der Waals surface area contributed by atoms with Gasteiger partial charge in [0.15, 0.2) is 0 Å². The van der Waals surface area contributed by atoms with E-state index in [9.17, 15) is 9.59 Å². The number of ketones is 1. The Hall–Kier alpha value is -1.20. The minimum Gasteiger partial charge on any atom is -0.318 e. The molecule has 0 fully saturated rings. The fourth-order valence-electron chi connectivity index (χ4n) is 2.10. The lowest BCUT2D eigenvalue weighted by atomic mass is 10.1. The molecular formula is C13H15BrN2O2. The summed E-state index contributed by atoms with van der Waals surface area (Å²) in [6, 6.07) is 3.65. The van der Waals surface area contributed by atoms with Crippen LogP contribution < -0.4 is 5.32 Å². The van der Waals surface area contributed by atoms with Crippen LogP contribution in [0.2, 0.25) is 0 Å². The molecule has 1 aromatic carbocycles. The monoisotopic (exact) mass is 310 g/mol. The Morgan fingerprint density at radius 3 is 2.50 bits per heavy atom. The first-order chi connectivity index (χ1) is 8.56. The predicted octanol–water partition coefficient (Wildman–Crippen LogP) is 2.43. The van der Waals surface area contributed by atoms with E-state index in [4.69, 9.17) is 0 Å². The van der Waals surface area contributed by atoms with Crippen molar-refractivity contribution in [1.82, 2.24) is 4.90 Å². The second-order valence-electron chi connectivity index (χ2n) is 4.23. The zero-order chi connectivity index (χ0) is 13.3. The van der Waals surface area contributed by atoms with E-state index in [1.54, 1.807) is 6.07 Å². The molecule has 1 aliphatic rings. The number of Topliss-reactive ketones (excluding diaryl/α,β-unsaturated/α-hetero) is 1. The summed E-state index contributed by atoms with van der Waals surface area (Å²) in [7, 11) is 0. The van der Waals surface area contributed by atoms with Gasteiger partial charge in [-0.1, -0.05) is 29.8 Å². The molecule has 0 bridgehead atoms. The molecule has 4 nitrogen and oxygen atoms in total. The SMILES string of the molecule is CCN(CC)Cc1cc(Br)cc2c1NC(=O)C2=O. The van der Waals surface area contributed by atoms with Crippen LogP contribution in [0.4, 0.5) is 5.69 Å². The highest BCUT2D eigenvalue weighted by Gasteiger charge is 2.30. The highest BCUT2D eigenvalue weighted by atomic mass is 79.9. The average molecular weight is 311 g/mol. The van der Waals surface area contributed by atoms with Crippen LogP contribution >= 0.6 is 15.9 Å². The van der Waals surface area contributed by atoms with E-state index in [2.05, 4.69) is 40.0 Å². The normalized spacial score (nSPS) is 14.0. The third kappa shape index (κ3) is 2.33. The maximum absolute atomic E-state index is 11.7. The van der Waals surface area contributed by atoms with Crippen molar-refractivity contribution in [2.75, 3.05) is 18.4 Å². The average Bonchev–Trinajstić information content (AvgIpc) is 2.63. The molecule has 5 heteroatoms. The largest absolute Gasteiger partial charge is 0.318 e. The molecule has 0 atom stereocenters. The van der Waals surface area contributed by atoms with Gasteiger partial charge in [-0.05, 0) is 30.8 Å². The lowest BCUT2D eigenvalue weighted by Crippen LogP contribution is -2.22. The number of nitrogens with one attached hydrogen (secondary N) is 1. The molecule has 0 aliphatic carbocycles. The van der Waals surface area contributed by atoms with Gasteiger partial charge in [0.25, 0.3) is 11.7 Å². The van der Waals surface area contributed by atoms with E-state index in [0.717, 1.165) is 29.7 Å². The number of nitrogens with zero attached hydrogens (tertiary/aromatic N) is 1. The van der Waals surface area contributed by atoms with E-state index in [1.807, 2.05) is 6.07 Å². The van der Waals surface area contributed by atoms with Crippen molar-refractivity contribution in [3.63, 3.8) is 0 Å². The molecule has 0 saturated heterocycles. The van der Waals surface area contributed by atoms with E-state index in [1.165, 1.54) is 0 Å². The molecule has 1 aliphatic heterocycles. The summed E-state index contributed by atoms with van der Waals surface area (Å²) in [5, 5.41) is 2.66. The molecule has 96 valence electrons. The summed E-state index contributed by atoms with van der Waals surface area (Å²) in [5.41, 5.74) is 2.11. The van der Waals surface area contributed by atoms with Crippen LogP contribution in [0.25, 0.3) is 0 Å². The van der Waals surface area contributed by atoms with Crippen LogP contribution in [0.15, 0.2) is 16.6 Å². The van der Waals surface area contributed by atoms with E-state index in [0.29, 0.717) is 11.3 Å². The van der Waals surface area contributed by atoms with Crippen molar-refractivity contribution in [3.05, 3.63) is 27.7 Å². The van der Waals surface area contributed by atoms with Gasteiger partial charge in [-0.3, -0.25) is 14.5 Å².